The molecule has 0 spiro atoms. The Labute approximate surface area is 633 Å². The summed E-state index contributed by atoms with van der Waals surface area (Å²) in [5.74, 6) is -2.21. The van der Waals surface area contributed by atoms with Crippen molar-refractivity contribution in [3.63, 3.8) is 0 Å². The van der Waals surface area contributed by atoms with Crippen molar-refractivity contribution in [1.29, 1.82) is 0 Å². The molecule has 5 atom stereocenters. The van der Waals surface area contributed by atoms with E-state index in [-0.39, 0.29) is 25.7 Å². The minimum Gasteiger partial charge on any atom is -0.462 e. The molecule has 0 aliphatic heterocycles. The Balaban J connectivity index is 5.39. The maximum atomic E-state index is 13.1. The van der Waals surface area contributed by atoms with E-state index >= 15 is 0 Å². The van der Waals surface area contributed by atoms with Gasteiger partial charge in [0.1, 0.15) is 19.3 Å². The van der Waals surface area contributed by atoms with E-state index in [2.05, 4.69) is 125 Å². The van der Waals surface area contributed by atoms with Crippen molar-refractivity contribution in [3.8, 4) is 0 Å². The van der Waals surface area contributed by atoms with E-state index in [0.29, 0.717) is 25.7 Å². The third kappa shape index (κ3) is 76.2. The number of carbonyl (C=O) groups excluding carboxylic acids is 4. The third-order valence-electron chi connectivity index (χ3n) is 17.5. The molecule has 0 bridgehead atoms. The van der Waals surface area contributed by atoms with Gasteiger partial charge in [-0.25, -0.2) is 9.13 Å². The quantitative estimate of drug-likeness (QED) is 0.0169. The number of phosphoric ester groups is 2. The Hall–Kier alpha value is -4.02. The molecule has 0 saturated carbocycles. The summed E-state index contributed by atoms with van der Waals surface area (Å²) in [7, 11) is -9.97. The monoisotopic (exact) mass is 1510 g/mol. The Bertz CT molecular complexity index is 2350. The van der Waals surface area contributed by atoms with Crippen LogP contribution in [0.2, 0.25) is 0 Å². The van der Waals surface area contributed by atoms with Gasteiger partial charge in [0.05, 0.1) is 26.4 Å². The van der Waals surface area contributed by atoms with E-state index < -0.39 is 97.5 Å². The van der Waals surface area contributed by atoms with Gasteiger partial charge in [-0.15, -0.1) is 0 Å². The lowest BCUT2D eigenvalue weighted by Crippen LogP contribution is -2.30. The summed E-state index contributed by atoms with van der Waals surface area (Å²) in [6.07, 6.45) is 82.3. The van der Waals surface area contributed by atoms with Crippen LogP contribution in [0, 0.1) is 0 Å². The first-order chi connectivity index (χ1) is 50.7. The second kappa shape index (κ2) is 77.1. The van der Waals surface area contributed by atoms with E-state index in [1.165, 1.54) is 103 Å². The zero-order chi connectivity index (χ0) is 76.0. The van der Waals surface area contributed by atoms with Gasteiger partial charge < -0.3 is 33.8 Å². The highest BCUT2D eigenvalue weighted by Crippen LogP contribution is 2.45. The molecule has 0 saturated heterocycles. The lowest BCUT2D eigenvalue weighted by Gasteiger charge is -2.21. The van der Waals surface area contributed by atoms with Crippen LogP contribution in [0.3, 0.4) is 0 Å². The van der Waals surface area contributed by atoms with Crippen LogP contribution in [-0.2, 0) is 65.4 Å². The van der Waals surface area contributed by atoms with Crippen LogP contribution in [0.1, 0.15) is 362 Å². The lowest BCUT2D eigenvalue weighted by molar-refractivity contribution is -0.161. The molecule has 0 radical (unpaired) electrons. The molecule has 0 amide bonds. The molecular weight excluding hydrogens is 1350 g/mol. The first-order valence-electron chi connectivity index (χ1n) is 41.5. The smallest absolute Gasteiger partial charge is 0.462 e. The van der Waals surface area contributed by atoms with Crippen LogP contribution in [0.4, 0.5) is 0 Å². The second-order valence-electron chi connectivity index (χ2n) is 27.7. The predicted octanol–water partition coefficient (Wildman–Crippen LogP) is 24.3. The normalized spacial score (nSPS) is 14.3. The Morgan fingerprint density at radius 2 is 0.500 bits per heavy atom. The molecular formula is C85H150O17P2. The molecule has 0 heterocycles. The number of carbonyl (C=O) groups is 4. The number of unbranched alkanes of at least 4 members (excludes halogenated alkanes) is 36. The van der Waals surface area contributed by atoms with Crippen molar-refractivity contribution >= 4 is 39.5 Å². The van der Waals surface area contributed by atoms with E-state index in [1.807, 2.05) is 0 Å². The van der Waals surface area contributed by atoms with E-state index in [4.69, 9.17) is 37.0 Å². The molecule has 3 N–H and O–H groups in total. The van der Waals surface area contributed by atoms with Gasteiger partial charge in [0.15, 0.2) is 12.2 Å². The van der Waals surface area contributed by atoms with Gasteiger partial charge in [0.25, 0.3) is 0 Å². The van der Waals surface area contributed by atoms with Gasteiger partial charge in [0, 0.05) is 25.7 Å². The van der Waals surface area contributed by atoms with Crippen LogP contribution in [0.15, 0.2) is 97.2 Å². The molecule has 0 aromatic carbocycles. The average molecular weight is 1510 g/mol. The summed E-state index contributed by atoms with van der Waals surface area (Å²) < 4.78 is 68.7. The fourth-order valence-corrected chi connectivity index (χ4v) is 12.8. The minimum atomic E-state index is -4.99. The number of phosphoric acid groups is 2. The molecule has 0 aromatic heterocycles. The van der Waals surface area contributed by atoms with Crippen LogP contribution >= 0.6 is 15.6 Å². The summed E-state index contributed by atoms with van der Waals surface area (Å²) in [4.78, 5) is 73.1. The number of esters is 4. The zero-order valence-corrected chi connectivity index (χ0v) is 67.7. The average Bonchev–Trinajstić information content (AvgIpc) is 0.918. The largest absolute Gasteiger partial charge is 0.472 e. The van der Waals surface area contributed by atoms with Crippen LogP contribution in [-0.4, -0.2) is 96.7 Å². The SMILES string of the molecule is CC/C=C\C/C=C\C/C=C\C/C=C\C/C=C\CCCCCC(=O)OC[C@H](COP(=O)(O)OC[C@@H](O)COP(=O)(O)OC[C@@H](COC(=O)CCCCCCC/C=C\CCCCCCCC)OC(=O)CCCCCCC/C=C\CCCCCCCC)OC(=O)CCCCCCCCC/C=C\CCCCCC. The number of hydrogen-bond acceptors (Lipinski definition) is 15. The highest BCUT2D eigenvalue weighted by atomic mass is 31.2. The Kier molecular flexibility index (Phi) is 74.2. The maximum absolute atomic E-state index is 13.1. The molecule has 0 aliphatic rings. The van der Waals surface area contributed by atoms with Gasteiger partial charge in [-0.05, 0) is 148 Å². The van der Waals surface area contributed by atoms with Crippen molar-refractivity contribution in [3.05, 3.63) is 97.2 Å². The van der Waals surface area contributed by atoms with Crippen LogP contribution in [0.25, 0.3) is 0 Å². The molecule has 0 rings (SSSR count). The van der Waals surface area contributed by atoms with Crippen molar-refractivity contribution in [2.75, 3.05) is 39.6 Å². The van der Waals surface area contributed by atoms with Gasteiger partial charge in [-0.1, -0.05) is 285 Å². The molecule has 104 heavy (non-hydrogen) atoms. The second-order valence-corrected chi connectivity index (χ2v) is 30.6. The topological polar surface area (TPSA) is 237 Å². The maximum Gasteiger partial charge on any atom is 0.472 e. The van der Waals surface area contributed by atoms with Crippen LogP contribution in [0.5, 0.6) is 0 Å². The van der Waals surface area contributed by atoms with Crippen LogP contribution < -0.4 is 0 Å². The number of hydrogen-bond donors (Lipinski definition) is 3. The summed E-state index contributed by atoms with van der Waals surface area (Å²) in [6, 6.07) is 0. The van der Waals surface area contributed by atoms with Crippen molar-refractivity contribution in [1.82, 2.24) is 0 Å². The van der Waals surface area contributed by atoms with Crippen molar-refractivity contribution in [2.24, 2.45) is 0 Å². The summed E-state index contributed by atoms with van der Waals surface area (Å²) >= 11 is 0. The first-order valence-corrected chi connectivity index (χ1v) is 44.5. The fraction of sp³-hybridized carbons (Fsp3) is 0.765. The van der Waals surface area contributed by atoms with E-state index in [1.54, 1.807) is 0 Å². The Morgan fingerprint density at radius 3 is 0.798 bits per heavy atom. The molecule has 0 aromatic rings. The highest BCUT2D eigenvalue weighted by Gasteiger charge is 2.30. The number of ether oxygens (including phenoxy) is 4. The summed E-state index contributed by atoms with van der Waals surface area (Å²) in [6.45, 7) is 4.73. The number of aliphatic hydroxyl groups is 1. The molecule has 19 heteroatoms. The molecule has 2 unspecified atom stereocenters. The number of allylic oxidation sites excluding steroid dienone is 16. The summed E-state index contributed by atoms with van der Waals surface area (Å²) in [5, 5.41) is 10.7. The zero-order valence-electron chi connectivity index (χ0n) is 65.9. The third-order valence-corrected chi connectivity index (χ3v) is 19.4. The minimum absolute atomic E-state index is 0.0823. The molecule has 0 fully saturated rings. The van der Waals surface area contributed by atoms with E-state index in [9.17, 15) is 43.2 Å². The van der Waals surface area contributed by atoms with Gasteiger partial charge in [-0.2, -0.15) is 0 Å². The van der Waals surface area contributed by atoms with Gasteiger partial charge in [-0.3, -0.25) is 37.3 Å². The number of rotatable bonds is 78. The fourth-order valence-electron chi connectivity index (χ4n) is 11.2. The highest BCUT2D eigenvalue weighted by molar-refractivity contribution is 7.47. The molecule has 602 valence electrons. The van der Waals surface area contributed by atoms with Gasteiger partial charge in [0.2, 0.25) is 0 Å². The van der Waals surface area contributed by atoms with E-state index in [0.717, 1.165) is 180 Å². The predicted molar refractivity (Wildman–Crippen MR) is 427 cm³/mol. The van der Waals surface area contributed by atoms with Gasteiger partial charge >= 0.3 is 39.5 Å². The molecule has 17 nitrogen and oxygen atoms in total. The number of aliphatic hydroxyl groups excluding tert-OH is 1. The van der Waals surface area contributed by atoms with Crippen molar-refractivity contribution in [2.45, 2.75) is 380 Å². The summed E-state index contributed by atoms with van der Waals surface area (Å²) in [5.41, 5.74) is 0. The van der Waals surface area contributed by atoms with Crippen molar-refractivity contribution < 1.29 is 80.2 Å². The Morgan fingerprint density at radius 1 is 0.279 bits per heavy atom. The first kappa shape index (κ1) is 100.0. The lowest BCUT2D eigenvalue weighted by atomic mass is 10.1. The standard InChI is InChI=1S/C85H150O17P2/c1-5-9-13-17-21-25-29-33-37-38-39-40-44-46-50-54-58-62-66-70-83(88)96-76-81(102-85(90)72-68-64-60-56-52-48-43-36-32-28-24-20-16-12-8-4)78-100-104(93,94)98-74-79(86)73-97-103(91,92)99-77-80(101-84(89)71-67-63-59-55-51-47-42-35-31-27-23-19-15-11-7-3)75-95-82(87)69-65-61-57-53-49-45-41-34-30-26-22-18-14-10-6-2/h9,13,21,25,28,32-35,37,39-42,46,50,79-81,86H,5-8,10-12,14-20,22-24,26-27,29-31,36,38,43-45,47-49,51-78H2,1-4H3,(H,91,92)(H,93,94)/b13-9-,25-21-,32-28-,37-33-,40-39-,41-34-,42-35-,50-46-/t79-,80+,81+/m0/s1. The molecule has 0 aliphatic carbocycles.